The van der Waals surface area contributed by atoms with E-state index in [0.717, 1.165) is 35.1 Å². The van der Waals surface area contributed by atoms with Crippen LogP contribution in [0.3, 0.4) is 0 Å². The van der Waals surface area contributed by atoms with E-state index in [1.165, 1.54) is 6.07 Å². The Morgan fingerprint density at radius 2 is 1.98 bits per heavy atom. The van der Waals surface area contributed by atoms with Gasteiger partial charge in [-0.05, 0) is 64.8 Å². The monoisotopic (exact) mass is 548 g/mol. The third-order valence-electron chi connectivity index (χ3n) is 7.16. The molecule has 2 N–H and O–H groups in total. The predicted molar refractivity (Wildman–Crippen MR) is 153 cm³/mol. The lowest BCUT2D eigenvalue weighted by Gasteiger charge is -2.33. The summed E-state index contributed by atoms with van der Waals surface area (Å²) in [6.45, 7) is 9.08. The molecule has 4 aromatic rings. The van der Waals surface area contributed by atoms with Crippen LogP contribution < -0.4 is 15.6 Å². The van der Waals surface area contributed by atoms with E-state index in [2.05, 4.69) is 10.3 Å². The first-order valence-electron chi connectivity index (χ1n) is 13.5. The minimum atomic E-state index is -0.593. The van der Waals surface area contributed by atoms with Crippen LogP contribution in [0.1, 0.15) is 50.9 Å². The number of fused-ring (bicyclic) bond motifs is 2. The molecule has 0 radical (unpaired) electrons. The van der Waals surface area contributed by atoms with Crippen LogP contribution in [-0.4, -0.2) is 67.8 Å². The fourth-order valence-corrected chi connectivity index (χ4v) is 5.43. The van der Waals surface area contributed by atoms with E-state index in [9.17, 15) is 14.4 Å². The molecule has 3 aromatic heterocycles. The molecular weight excluding hydrogens is 512 g/mol. The molecule has 1 aromatic carbocycles. The molecule has 2 amide bonds. The number of piperidine rings is 1. The zero-order valence-corrected chi connectivity index (χ0v) is 23.8. The van der Waals surface area contributed by atoms with Crippen molar-refractivity contribution in [3.8, 4) is 17.3 Å². The average Bonchev–Trinajstić information content (AvgIpc) is 3.43. The lowest BCUT2D eigenvalue weighted by molar-refractivity contribution is 0.0452. The largest absolute Gasteiger partial charge is 0.494 e. The number of aromatic nitrogens is 4. The van der Waals surface area contributed by atoms with Crippen LogP contribution in [0.4, 0.5) is 4.79 Å². The van der Waals surface area contributed by atoms with Crippen molar-refractivity contribution in [1.29, 1.82) is 0 Å². The molecule has 0 aliphatic carbocycles. The topological polar surface area (TPSA) is 123 Å². The third-order valence-corrected chi connectivity index (χ3v) is 7.16. The minimum Gasteiger partial charge on any atom is -0.494 e. The molecule has 11 heteroatoms. The number of aromatic amines is 1. The van der Waals surface area contributed by atoms with Gasteiger partial charge in [0, 0.05) is 49.7 Å². The Morgan fingerprint density at radius 1 is 1.20 bits per heavy atom. The number of ether oxygens (including phenoxy) is 2. The Labute approximate surface area is 232 Å². The Bertz CT molecular complexity index is 1660. The normalized spacial score (nSPS) is 15.9. The number of methoxy groups -OCH3 is 1. The summed E-state index contributed by atoms with van der Waals surface area (Å²) in [5.74, 6) is 1.08. The number of alkyl carbamates (subject to hydrolysis) is 1. The highest BCUT2D eigenvalue weighted by Gasteiger charge is 2.28. The summed E-state index contributed by atoms with van der Waals surface area (Å²) in [5.41, 5.74) is 2.68. The van der Waals surface area contributed by atoms with E-state index in [1.54, 1.807) is 30.2 Å². The molecule has 1 atom stereocenters. The lowest BCUT2D eigenvalue weighted by Crippen LogP contribution is -2.50. The predicted octanol–water partition coefficient (Wildman–Crippen LogP) is 4.04. The summed E-state index contributed by atoms with van der Waals surface area (Å²) < 4.78 is 15.1. The van der Waals surface area contributed by atoms with Crippen molar-refractivity contribution in [3.63, 3.8) is 0 Å². The maximum atomic E-state index is 13.6. The first-order chi connectivity index (χ1) is 19.0. The average molecular weight is 549 g/mol. The van der Waals surface area contributed by atoms with Gasteiger partial charge in [0.25, 0.3) is 5.91 Å². The van der Waals surface area contributed by atoms with Crippen molar-refractivity contribution in [2.75, 3.05) is 20.2 Å². The highest BCUT2D eigenvalue weighted by Crippen LogP contribution is 2.34. The summed E-state index contributed by atoms with van der Waals surface area (Å²) in [4.78, 5) is 47.5. The number of H-pyrrole nitrogens is 1. The number of amides is 2. The number of carbonyl (C=O) groups excluding carboxylic acids is 2. The molecule has 212 valence electrons. The maximum absolute atomic E-state index is 13.6. The third kappa shape index (κ3) is 5.15. The minimum absolute atomic E-state index is 0.150. The summed E-state index contributed by atoms with van der Waals surface area (Å²) >= 11 is 0. The number of nitrogens with zero attached hydrogens (tertiary/aromatic N) is 4. The molecule has 4 heterocycles. The van der Waals surface area contributed by atoms with Crippen LogP contribution in [0.2, 0.25) is 0 Å². The molecule has 0 saturated carbocycles. The number of aryl methyl sites for hydroxylation is 2. The number of pyridine rings is 1. The molecule has 5 rings (SSSR count). The molecule has 40 heavy (non-hydrogen) atoms. The number of rotatable bonds is 5. The molecule has 11 nitrogen and oxygen atoms in total. The van der Waals surface area contributed by atoms with E-state index in [4.69, 9.17) is 14.5 Å². The van der Waals surface area contributed by atoms with E-state index in [0.29, 0.717) is 42.3 Å². The van der Waals surface area contributed by atoms with Gasteiger partial charge in [0.1, 0.15) is 22.5 Å². The Morgan fingerprint density at radius 3 is 2.67 bits per heavy atom. The van der Waals surface area contributed by atoms with Crippen LogP contribution in [0.15, 0.2) is 35.1 Å². The molecule has 1 aliphatic heterocycles. The van der Waals surface area contributed by atoms with E-state index in [1.807, 2.05) is 49.9 Å². The van der Waals surface area contributed by atoms with E-state index < -0.39 is 11.7 Å². The zero-order chi connectivity index (χ0) is 28.8. The number of hydrogen-bond donors (Lipinski definition) is 2. The van der Waals surface area contributed by atoms with Crippen molar-refractivity contribution in [2.24, 2.45) is 7.05 Å². The van der Waals surface area contributed by atoms with Crippen molar-refractivity contribution in [3.05, 3.63) is 46.2 Å². The van der Waals surface area contributed by atoms with Gasteiger partial charge in [-0.15, -0.1) is 0 Å². The second-order valence-corrected chi connectivity index (χ2v) is 11.2. The van der Waals surface area contributed by atoms with Gasteiger partial charge >= 0.3 is 6.09 Å². The summed E-state index contributed by atoms with van der Waals surface area (Å²) in [7, 11) is 3.48. The number of hydrogen-bond acceptors (Lipinski definition) is 6. The van der Waals surface area contributed by atoms with Gasteiger partial charge in [0.15, 0.2) is 5.82 Å². The van der Waals surface area contributed by atoms with Gasteiger partial charge in [0.2, 0.25) is 5.56 Å². The van der Waals surface area contributed by atoms with Crippen molar-refractivity contribution in [1.82, 2.24) is 29.3 Å². The molecule has 1 fully saturated rings. The fraction of sp³-hybridized carbons (Fsp3) is 0.448. The molecule has 0 unspecified atom stereocenters. The van der Waals surface area contributed by atoms with Crippen LogP contribution >= 0.6 is 0 Å². The van der Waals surface area contributed by atoms with Crippen LogP contribution in [0, 0.1) is 0 Å². The van der Waals surface area contributed by atoms with Gasteiger partial charge in [-0.2, -0.15) is 0 Å². The molecule has 0 bridgehead atoms. The first kappa shape index (κ1) is 27.3. The Balaban J connectivity index is 1.47. The van der Waals surface area contributed by atoms with Crippen LogP contribution in [0.5, 0.6) is 5.75 Å². The second kappa shape index (κ2) is 10.4. The van der Waals surface area contributed by atoms with Crippen molar-refractivity contribution >= 4 is 34.1 Å². The molecule has 1 saturated heterocycles. The second-order valence-electron chi connectivity index (χ2n) is 11.2. The zero-order valence-electron chi connectivity index (χ0n) is 23.8. The number of imidazole rings is 1. The Hall–Kier alpha value is -4.28. The SMILES string of the molecule is CCn1c(-c2nc3cc(C(=O)N4CCC[C@@H](NC(=O)OC(C)(C)C)C4)cc(OC)c3n2C)cc2ccc(=O)[nH]c21. The van der Waals surface area contributed by atoms with Crippen LogP contribution in [0.25, 0.3) is 33.6 Å². The van der Waals surface area contributed by atoms with Gasteiger partial charge in [-0.25, -0.2) is 9.78 Å². The fourth-order valence-electron chi connectivity index (χ4n) is 5.43. The first-order valence-corrected chi connectivity index (χ1v) is 13.5. The standard InChI is InChI=1S/C29H36N6O5/c1-7-35-21(14-17-10-11-23(36)32-25(17)35)26-31-20-13-18(15-22(39-6)24(20)33(26)5)27(37)34-12-8-9-19(16-34)30-28(38)40-29(2,3)4/h10-11,13-15,19H,7-9,12,16H2,1-6H3,(H,30,38)(H,32,36)/t19-/m1/s1. The summed E-state index contributed by atoms with van der Waals surface area (Å²) in [5, 5.41) is 3.81. The smallest absolute Gasteiger partial charge is 0.407 e. The lowest BCUT2D eigenvalue weighted by atomic mass is 10.0. The van der Waals surface area contributed by atoms with Gasteiger partial charge < -0.3 is 33.8 Å². The Kier molecular flexibility index (Phi) is 7.07. The van der Waals surface area contributed by atoms with Crippen LogP contribution in [-0.2, 0) is 18.3 Å². The van der Waals surface area contributed by atoms with Gasteiger partial charge in [-0.1, -0.05) is 0 Å². The highest BCUT2D eigenvalue weighted by atomic mass is 16.6. The van der Waals surface area contributed by atoms with E-state index >= 15 is 0 Å². The summed E-state index contributed by atoms with van der Waals surface area (Å²) in [6, 6.07) is 8.65. The molecule has 0 spiro atoms. The molecular formula is C29H36N6O5. The highest BCUT2D eigenvalue weighted by molar-refractivity contribution is 6.00. The quantitative estimate of drug-likeness (QED) is 0.388. The number of nitrogens with one attached hydrogen (secondary N) is 2. The maximum Gasteiger partial charge on any atom is 0.407 e. The van der Waals surface area contributed by atoms with E-state index in [-0.39, 0.29) is 17.5 Å². The number of carbonyl (C=O) groups is 2. The number of benzene rings is 1. The number of likely N-dealkylation sites (tertiary alicyclic amines) is 1. The van der Waals surface area contributed by atoms with Crippen molar-refractivity contribution < 1.29 is 19.1 Å². The molecule has 1 aliphatic rings. The van der Waals surface area contributed by atoms with Gasteiger partial charge in [-0.3, -0.25) is 9.59 Å². The van der Waals surface area contributed by atoms with Gasteiger partial charge in [0.05, 0.1) is 18.3 Å². The summed E-state index contributed by atoms with van der Waals surface area (Å²) in [6.07, 6.45) is 1.05. The van der Waals surface area contributed by atoms with Crippen molar-refractivity contribution in [2.45, 2.75) is 58.7 Å².